The van der Waals surface area contributed by atoms with E-state index in [1.807, 2.05) is 0 Å². The normalized spacial score (nSPS) is 13.5. The number of aliphatic hydroxyl groups is 2. The molecule has 3 atom stereocenters. The van der Waals surface area contributed by atoms with E-state index in [4.69, 9.17) is 4.74 Å². The van der Waals surface area contributed by atoms with Crippen molar-refractivity contribution in [3.8, 4) is 0 Å². The van der Waals surface area contributed by atoms with Gasteiger partial charge in [0, 0.05) is 6.42 Å². The monoisotopic (exact) mass is 830 g/mol. The fourth-order valence-electron chi connectivity index (χ4n) is 7.82. The van der Waals surface area contributed by atoms with E-state index in [0.717, 1.165) is 77.0 Å². The van der Waals surface area contributed by atoms with Crippen molar-refractivity contribution in [1.29, 1.82) is 0 Å². The first-order valence-corrected chi connectivity index (χ1v) is 25.7. The molecular weight excluding hydrogens is 731 g/mol. The number of carbonyl (C=O) groups excluding carboxylic acids is 2. The molecule has 1 amide bonds. The summed E-state index contributed by atoms with van der Waals surface area (Å²) in [6.07, 6.45) is 54.8. The maximum Gasteiger partial charge on any atom is 0.306 e. The second-order valence-electron chi connectivity index (χ2n) is 17.5. The third-order valence-corrected chi connectivity index (χ3v) is 11.7. The lowest BCUT2D eigenvalue weighted by atomic mass is 10.0. The van der Waals surface area contributed by atoms with Gasteiger partial charge in [0.2, 0.25) is 5.91 Å². The van der Waals surface area contributed by atoms with Gasteiger partial charge in [0.15, 0.2) is 0 Å². The van der Waals surface area contributed by atoms with Crippen LogP contribution in [0.2, 0.25) is 0 Å². The molecule has 0 aliphatic heterocycles. The standard InChI is InChI=1S/C53H99NO5/c1-4-7-10-13-16-19-22-25-28-31-34-37-40-43-46-53(58)59-49(44-41-38-35-32-29-26-23-20-17-14-11-8-5-2)47-52(57)54-50(48-55)51(56)45-42-39-36-33-30-27-24-21-18-15-12-9-6-3/h7,10,16,19-20,23,49-51,55-56H,4-6,8-9,11-15,17-18,21-22,24-48H2,1-3H3,(H,54,57)/b10-7+,19-16+,23-20-. The molecule has 6 heteroatoms. The Morgan fingerprint density at radius 3 is 1.41 bits per heavy atom. The molecule has 0 aliphatic rings. The van der Waals surface area contributed by atoms with E-state index in [-0.39, 0.29) is 24.9 Å². The van der Waals surface area contributed by atoms with Gasteiger partial charge in [-0.1, -0.05) is 211 Å². The largest absolute Gasteiger partial charge is 0.462 e. The molecule has 0 rings (SSSR count). The van der Waals surface area contributed by atoms with Gasteiger partial charge in [-0.15, -0.1) is 0 Å². The Bertz CT molecular complexity index is 977. The lowest BCUT2D eigenvalue weighted by Crippen LogP contribution is -2.46. The highest BCUT2D eigenvalue weighted by atomic mass is 16.5. The Hall–Kier alpha value is -1.92. The summed E-state index contributed by atoms with van der Waals surface area (Å²) in [5.41, 5.74) is 0. The fourth-order valence-corrected chi connectivity index (χ4v) is 7.82. The van der Waals surface area contributed by atoms with Gasteiger partial charge in [0.05, 0.1) is 25.2 Å². The summed E-state index contributed by atoms with van der Waals surface area (Å²) in [4.78, 5) is 26.1. The van der Waals surface area contributed by atoms with Gasteiger partial charge in [0.1, 0.15) is 6.10 Å². The van der Waals surface area contributed by atoms with Crippen LogP contribution in [0.15, 0.2) is 36.5 Å². The molecule has 0 radical (unpaired) electrons. The van der Waals surface area contributed by atoms with Crippen molar-refractivity contribution in [2.45, 2.75) is 283 Å². The summed E-state index contributed by atoms with van der Waals surface area (Å²) in [5, 5.41) is 23.8. The average Bonchev–Trinajstić information content (AvgIpc) is 3.23. The number of amides is 1. The van der Waals surface area contributed by atoms with E-state index in [2.05, 4.69) is 62.5 Å². The minimum absolute atomic E-state index is 0.0708. The van der Waals surface area contributed by atoms with Crippen molar-refractivity contribution in [3.05, 3.63) is 36.5 Å². The number of hydrogen-bond acceptors (Lipinski definition) is 5. The summed E-state index contributed by atoms with van der Waals surface area (Å²) in [5.74, 6) is -0.484. The second-order valence-corrected chi connectivity index (χ2v) is 17.5. The van der Waals surface area contributed by atoms with Crippen molar-refractivity contribution in [2.75, 3.05) is 6.61 Å². The summed E-state index contributed by atoms with van der Waals surface area (Å²) in [7, 11) is 0. The molecule has 0 heterocycles. The van der Waals surface area contributed by atoms with Crippen LogP contribution in [0.25, 0.3) is 0 Å². The number of unbranched alkanes of at least 4 members (excludes halogenated alkanes) is 28. The van der Waals surface area contributed by atoms with Gasteiger partial charge in [-0.3, -0.25) is 9.59 Å². The molecule has 0 aromatic rings. The van der Waals surface area contributed by atoms with Crippen LogP contribution in [-0.2, 0) is 14.3 Å². The van der Waals surface area contributed by atoms with Gasteiger partial charge >= 0.3 is 5.97 Å². The number of allylic oxidation sites excluding steroid dienone is 6. The number of esters is 1. The highest BCUT2D eigenvalue weighted by Gasteiger charge is 2.24. The number of carbonyl (C=O) groups is 2. The summed E-state index contributed by atoms with van der Waals surface area (Å²) in [6.45, 7) is 6.37. The van der Waals surface area contributed by atoms with Crippen LogP contribution in [0.1, 0.15) is 265 Å². The number of hydrogen-bond donors (Lipinski definition) is 3. The molecule has 6 nitrogen and oxygen atoms in total. The third kappa shape index (κ3) is 42.6. The van der Waals surface area contributed by atoms with E-state index in [0.29, 0.717) is 19.3 Å². The Morgan fingerprint density at radius 2 is 0.915 bits per heavy atom. The van der Waals surface area contributed by atoms with E-state index >= 15 is 0 Å². The Labute approximate surface area is 366 Å². The number of rotatable bonds is 46. The molecule has 0 fully saturated rings. The SMILES string of the molecule is CC/C=C/C/C=C/CCCCCCCCCC(=O)OC(CCCCCCC/C=C\CCCCCC)CC(=O)NC(CO)C(O)CCCCCCCCCCCCCCC. The van der Waals surface area contributed by atoms with E-state index in [1.165, 1.54) is 141 Å². The van der Waals surface area contributed by atoms with Crippen LogP contribution in [-0.4, -0.2) is 46.9 Å². The van der Waals surface area contributed by atoms with Crippen LogP contribution in [0, 0.1) is 0 Å². The van der Waals surface area contributed by atoms with Crippen molar-refractivity contribution < 1.29 is 24.5 Å². The first-order chi connectivity index (χ1) is 29.0. The lowest BCUT2D eigenvalue weighted by Gasteiger charge is -2.24. The van der Waals surface area contributed by atoms with Gasteiger partial charge in [-0.2, -0.15) is 0 Å². The maximum absolute atomic E-state index is 13.2. The summed E-state index contributed by atoms with van der Waals surface area (Å²) < 4.78 is 5.93. The zero-order valence-corrected chi connectivity index (χ0v) is 39.4. The van der Waals surface area contributed by atoms with E-state index in [1.54, 1.807) is 0 Å². The van der Waals surface area contributed by atoms with Crippen LogP contribution >= 0.6 is 0 Å². The number of aliphatic hydroxyl groups excluding tert-OH is 2. The third-order valence-electron chi connectivity index (χ3n) is 11.7. The molecule has 3 N–H and O–H groups in total. The molecule has 0 saturated heterocycles. The minimum atomic E-state index is -0.789. The molecule has 0 aromatic heterocycles. The zero-order chi connectivity index (χ0) is 43.1. The molecule has 346 valence electrons. The molecule has 0 saturated carbocycles. The van der Waals surface area contributed by atoms with Gasteiger partial charge < -0.3 is 20.3 Å². The van der Waals surface area contributed by atoms with Gasteiger partial charge in [-0.25, -0.2) is 0 Å². The molecule has 0 aliphatic carbocycles. The van der Waals surface area contributed by atoms with Crippen LogP contribution in [0.4, 0.5) is 0 Å². The fraction of sp³-hybridized carbons (Fsp3) is 0.849. The van der Waals surface area contributed by atoms with Gasteiger partial charge in [0.25, 0.3) is 0 Å². The van der Waals surface area contributed by atoms with Crippen LogP contribution in [0.3, 0.4) is 0 Å². The topological polar surface area (TPSA) is 95.9 Å². The lowest BCUT2D eigenvalue weighted by molar-refractivity contribution is -0.151. The smallest absolute Gasteiger partial charge is 0.306 e. The van der Waals surface area contributed by atoms with Gasteiger partial charge in [-0.05, 0) is 77.0 Å². The van der Waals surface area contributed by atoms with Crippen molar-refractivity contribution in [1.82, 2.24) is 5.32 Å². The predicted molar refractivity (Wildman–Crippen MR) is 255 cm³/mol. The molecule has 59 heavy (non-hydrogen) atoms. The van der Waals surface area contributed by atoms with Crippen LogP contribution < -0.4 is 5.32 Å². The molecule has 0 aromatic carbocycles. The first-order valence-electron chi connectivity index (χ1n) is 25.7. The average molecular weight is 830 g/mol. The molecule has 3 unspecified atom stereocenters. The van der Waals surface area contributed by atoms with Crippen LogP contribution in [0.5, 0.6) is 0 Å². The zero-order valence-electron chi connectivity index (χ0n) is 39.4. The highest BCUT2D eigenvalue weighted by molar-refractivity contribution is 5.77. The molecule has 0 bridgehead atoms. The van der Waals surface area contributed by atoms with Crippen molar-refractivity contribution in [3.63, 3.8) is 0 Å². The summed E-state index contributed by atoms with van der Waals surface area (Å²) >= 11 is 0. The Morgan fingerprint density at radius 1 is 0.508 bits per heavy atom. The number of nitrogens with one attached hydrogen (secondary N) is 1. The Balaban J connectivity index is 4.57. The Kier molecular flexibility index (Phi) is 45.6. The van der Waals surface area contributed by atoms with Crippen molar-refractivity contribution >= 4 is 11.9 Å². The van der Waals surface area contributed by atoms with E-state index in [9.17, 15) is 19.8 Å². The van der Waals surface area contributed by atoms with Crippen molar-refractivity contribution in [2.24, 2.45) is 0 Å². The number of ether oxygens (including phenoxy) is 1. The molecular formula is C53H99NO5. The first kappa shape index (κ1) is 57.1. The quantitative estimate of drug-likeness (QED) is 0.0323. The van der Waals surface area contributed by atoms with E-state index < -0.39 is 18.2 Å². The second kappa shape index (κ2) is 47.1. The summed E-state index contributed by atoms with van der Waals surface area (Å²) in [6, 6.07) is -0.703. The minimum Gasteiger partial charge on any atom is -0.462 e. The predicted octanol–water partition coefficient (Wildman–Crippen LogP) is 15.3. The highest BCUT2D eigenvalue weighted by Crippen LogP contribution is 2.18. The molecule has 0 spiro atoms. The maximum atomic E-state index is 13.2.